The maximum atomic E-state index is 12.2. The first-order valence-electron chi connectivity index (χ1n) is 6.37. The molecule has 2 N–H and O–H groups in total. The zero-order valence-corrected chi connectivity index (χ0v) is 12.1. The van der Waals surface area contributed by atoms with Gasteiger partial charge in [-0.25, -0.2) is 8.42 Å². The van der Waals surface area contributed by atoms with Crippen LogP contribution >= 0.6 is 0 Å². The predicted octanol–water partition coefficient (Wildman–Crippen LogP) is 1.29. The second-order valence-electron chi connectivity index (χ2n) is 4.37. The van der Waals surface area contributed by atoms with Crippen LogP contribution in [0.1, 0.15) is 6.42 Å². The van der Waals surface area contributed by atoms with E-state index in [0.717, 1.165) is 13.0 Å². The highest BCUT2D eigenvalue weighted by Crippen LogP contribution is 2.14. The Morgan fingerprint density at radius 1 is 1.25 bits per heavy atom. The van der Waals surface area contributed by atoms with Crippen LogP contribution < -0.4 is 10.0 Å². The lowest BCUT2D eigenvalue weighted by Crippen LogP contribution is -2.13. The second-order valence-corrected chi connectivity index (χ2v) is 6.05. The first-order chi connectivity index (χ1) is 9.62. The number of para-hydroxylation sites is 1. The number of benzene rings is 1. The number of sulfonamides is 1. The fraction of sp³-hybridized carbons (Fsp3) is 0.308. The van der Waals surface area contributed by atoms with E-state index < -0.39 is 10.0 Å². The molecule has 0 bridgehead atoms. The summed E-state index contributed by atoms with van der Waals surface area (Å²) in [6.45, 7) is 1.55. The van der Waals surface area contributed by atoms with Crippen LogP contribution in [0.3, 0.4) is 0 Å². The summed E-state index contributed by atoms with van der Waals surface area (Å²) < 4.78 is 28.5. The van der Waals surface area contributed by atoms with Crippen LogP contribution in [0.5, 0.6) is 0 Å². The van der Waals surface area contributed by atoms with Crippen LogP contribution in [0.4, 0.5) is 5.69 Å². The molecule has 108 valence electrons. The fourth-order valence-electron chi connectivity index (χ4n) is 1.74. The molecule has 7 heteroatoms. The van der Waals surface area contributed by atoms with Crippen LogP contribution in [-0.2, 0) is 16.6 Å². The largest absolute Gasteiger partial charge is 0.320 e. The van der Waals surface area contributed by atoms with Crippen molar-refractivity contribution in [1.82, 2.24) is 15.1 Å². The van der Waals surface area contributed by atoms with Crippen LogP contribution in [-0.4, -0.2) is 31.8 Å². The molecule has 20 heavy (non-hydrogen) atoms. The Labute approximate surface area is 118 Å². The third-order valence-corrected chi connectivity index (χ3v) is 4.10. The molecular weight excluding hydrogens is 276 g/mol. The topological polar surface area (TPSA) is 76.0 Å². The number of hydrogen-bond donors (Lipinski definition) is 2. The van der Waals surface area contributed by atoms with Gasteiger partial charge in [0.15, 0.2) is 0 Å². The highest BCUT2D eigenvalue weighted by Gasteiger charge is 2.16. The monoisotopic (exact) mass is 294 g/mol. The molecule has 2 aromatic rings. The van der Waals surface area contributed by atoms with Gasteiger partial charge in [0.1, 0.15) is 4.90 Å². The van der Waals surface area contributed by atoms with E-state index >= 15 is 0 Å². The molecule has 0 radical (unpaired) electrons. The minimum atomic E-state index is -3.57. The molecule has 0 atom stereocenters. The Kier molecular flexibility index (Phi) is 4.75. The van der Waals surface area contributed by atoms with Crippen molar-refractivity contribution in [2.24, 2.45) is 0 Å². The van der Waals surface area contributed by atoms with Crippen LogP contribution in [0.25, 0.3) is 0 Å². The lowest BCUT2D eigenvalue weighted by atomic mass is 10.3. The number of hydrogen-bond acceptors (Lipinski definition) is 4. The highest BCUT2D eigenvalue weighted by atomic mass is 32.2. The molecule has 1 aromatic carbocycles. The molecule has 0 fully saturated rings. The lowest BCUT2D eigenvalue weighted by molar-refractivity contribution is 0.561. The first-order valence-corrected chi connectivity index (χ1v) is 7.85. The van der Waals surface area contributed by atoms with Gasteiger partial charge in [-0.05, 0) is 32.1 Å². The van der Waals surface area contributed by atoms with E-state index in [2.05, 4.69) is 15.1 Å². The molecule has 2 rings (SSSR count). The van der Waals surface area contributed by atoms with Gasteiger partial charge in [0.05, 0.1) is 6.20 Å². The van der Waals surface area contributed by atoms with Gasteiger partial charge in [-0.1, -0.05) is 18.2 Å². The molecule has 1 heterocycles. The van der Waals surface area contributed by atoms with Crippen LogP contribution in [0.2, 0.25) is 0 Å². The molecule has 0 spiro atoms. The van der Waals surface area contributed by atoms with E-state index in [0.29, 0.717) is 12.2 Å². The maximum absolute atomic E-state index is 12.2. The summed E-state index contributed by atoms with van der Waals surface area (Å²) in [5, 5.41) is 7.10. The molecule has 6 nitrogen and oxygen atoms in total. The standard InChI is InChI=1S/C13H18N4O2S/c1-14-8-5-9-17-11-13(10-15-17)20(18,19)16-12-6-3-2-4-7-12/h2-4,6-7,10-11,14,16H,5,8-9H2,1H3. The molecule has 0 aliphatic rings. The first kappa shape index (κ1) is 14.5. The summed E-state index contributed by atoms with van der Waals surface area (Å²) in [5.74, 6) is 0. The van der Waals surface area contributed by atoms with Gasteiger partial charge in [0.2, 0.25) is 0 Å². The average Bonchev–Trinajstić information content (AvgIpc) is 2.89. The van der Waals surface area contributed by atoms with E-state index in [1.807, 2.05) is 13.1 Å². The minimum Gasteiger partial charge on any atom is -0.320 e. The van der Waals surface area contributed by atoms with E-state index in [1.165, 1.54) is 6.20 Å². The second kappa shape index (κ2) is 6.53. The number of aryl methyl sites for hydroxylation is 1. The summed E-state index contributed by atoms with van der Waals surface area (Å²) in [6, 6.07) is 8.79. The third-order valence-electron chi connectivity index (χ3n) is 2.76. The van der Waals surface area contributed by atoms with Gasteiger partial charge in [0.25, 0.3) is 10.0 Å². The van der Waals surface area contributed by atoms with Crippen molar-refractivity contribution in [3.63, 3.8) is 0 Å². The lowest BCUT2D eigenvalue weighted by Gasteiger charge is -2.05. The number of nitrogens with one attached hydrogen (secondary N) is 2. The Balaban J connectivity index is 2.06. The van der Waals surface area contributed by atoms with Gasteiger partial charge < -0.3 is 5.32 Å². The van der Waals surface area contributed by atoms with Gasteiger partial charge in [-0.3, -0.25) is 9.40 Å². The van der Waals surface area contributed by atoms with Gasteiger partial charge in [-0.15, -0.1) is 0 Å². The predicted molar refractivity (Wildman–Crippen MR) is 78.0 cm³/mol. The number of rotatable bonds is 7. The van der Waals surface area contributed by atoms with Crippen molar-refractivity contribution >= 4 is 15.7 Å². The molecule has 1 aromatic heterocycles. The maximum Gasteiger partial charge on any atom is 0.265 e. The van der Waals surface area contributed by atoms with Crippen LogP contribution in [0.15, 0.2) is 47.6 Å². The highest BCUT2D eigenvalue weighted by molar-refractivity contribution is 7.92. The van der Waals surface area contributed by atoms with Crippen molar-refractivity contribution in [2.45, 2.75) is 17.9 Å². The zero-order chi connectivity index (χ0) is 14.4. The Hall–Kier alpha value is -1.86. The molecular formula is C13H18N4O2S. The Bertz CT molecular complexity index is 637. The summed E-state index contributed by atoms with van der Waals surface area (Å²) in [7, 11) is -1.69. The van der Waals surface area contributed by atoms with Crippen molar-refractivity contribution in [3.8, 4) is 0 Å². The summed E-state index contributed by atoms with van der Waals surface area (Å²) in [4.78, 5) is 0.172. The Morgan fingerprint density at radius 2 is 2.00 bits per heavy atom. The molecule has 0 saturated carbocycles. The summed E-state index contributed by atoms with van der Waals surface area (Å²) in [5.41, 5.74) is 0.537. The minimum absolute atomic E-state index is 0.172. The fourth-order valence-corrected chi connectivity index (χ4v) is 2.75. The van der Waals surface area contributed by atoms with E-state index in [-0.39, 0.29) is 4.90 Å². The van der Waals surface area contributed by atoms with Gasteiger partial charge in [0, 0.05) is 18.4 Å². The summed E-state index contributed by atoms with van der Waals surface area (Å²) in [6.07, 6.45) is 3.80. The molecule has 0 aliphatic heterocycles. The van der Waals surface area contributed by atoms with Gasteiger partial charge >= 0.3 is 0 Å². The SMILES string of the molecule is CNCCCn1cc(S(=O)(=O)Nc2ccccc2)cn1. The van der Waals surface area contributed by atoms with E-state index in [1.54, 1.807) is 35.1 Å². The Morgan fingerprint density at radius 3 is 2.70 bits per heavy atom. The normalized spacial score (nSPS) is 11.4. The van der Waals surface area contributed by atoms with Crippen molar-refractivity contribution < 1.29 is 8.42 Å². The number of anilines is 1. The summed E-state index contributed by atoms with van der Waals surface area (Å²) >= 11 is 0. The average molecular weight is 294 g/mol. The quantitative estimate of drug-likeness (QED) is 0.755. The van der Waals surface area contributed by atoms with Crippen LogP contribution in [0, 0.1) is 0 Å². The zero-order valence-electron chi connectivity index (χ0n) is 11.3. The van der Waals surface area contributed by atoms with E-state index in [9.17, 15) is 8.42 Å². The van der Waals surface area contributed by atoms with Crippen molar-refractivity contribution in [1.29, 1.82) is 0 Å². The molecule has 0 unspecified atom stereocenters. The van der Waals surface area contributed by atoms with Crippen molar-refractivity contribution in [2.75, 3.05) is 18.3 Å². The molecule has 0 amide bonds. The number of aromatic nitrogens is 2. The number of nitrogens with zero attached hydrogens (tertiary/aromatic N) is 2. The third kappa shape index (κ3) is 3.82. The van der Waals surface area contributed by atoms with Crippen molar-refractivity contribution in [3.05, 3.63) is 42.7 Å². The van der Waals surface area contributed by atoms with E-state index in [4.69, 9.17) is 0 Å². The molecule has 0 saturated heterocycles. The molecule has 0 aliphatic carbocycles. The van der Waals surface area contributed by atoms with Gasteiger partial charge in [-0.2, -0.15) is 5.10 Å². The smallest absolute Gasteiger partial charge is 0.265 e.